The number of nitrogens with one attached hydrogen (secondary N) is 1. The van der Waals surface area contributed by atoms with Crippen molar-refractivity contribution < 1.29 is 8.78 Å². The van der Waals surface area contributed by atoms with Gasteiger partial charge in [-0.1, -0.05) is 22.0 Å². The fourth-order valence-corrected chi connectivity index (χ4v) is 2.36. The van der Waals surface area contributed by atoms with Gasteiger partial charge in [0.15, 0.2) is 0 Å². The number of benzene rings is 1. The van der Waals surface area contributed by atoms with E-state index in [2.05, 4.69) is 21.2 Å². The lowest BCUT2D eigenvalue weighted by molar-refractivity contribution is -0.0127. The standard InChI is InChI=1S/C10H10BrF2N/c11-7-3-1-4-8-9(7)10(12,13)5-2-6-14-8/h1,3-4,14H,2,5-6H2. The molecule has 14 heavy (non-hydrogen) atoms. The van der Waals surface area contributed by atoms with E-state index in [1.165, 1.54) is 0 Å². The Bertz CT molecular complexity index is 352. The number of rotatable bonds is 0. The van der Waals surface area contributed by atoms with Gasteiger partial charge in [-0.25, -0.2) is 8.78 Å². The van der Waals surface area contributed by atoms with Gasteiger partial charge in [-0.05, 0) is 18.6 Å². The van der Waals surface area contributed by atoms with Crippen molar-refractivity contribution in [2.24, 2.45) is 0 Å². The summed E-state index contributed by atoms with van der Waals surface area (Å²) in [6, 6.07) is 5.11. The second kappa shape index (κ2) is 3.50. The van der Waals surface area contributed by atoms with Crippen LogP contribution in [0.15, 0.2) is 22.7 Å². The lowest BCUT2D eigenvalue weighted by Gasteiger charge is -2.17. The molecule has 0 fully saturated rings. The van der Waals surface area contributed by atoms with Crippen molar-refractivity contribution in [3.05, 3.63) is 28.2 Å². The van der Waals surface area contributed by atoms with Crippen LogP contribution >= 0.6 is 15.9 Å². The number of anilines is 1. The highest BCUT2D eigenvalue weighted by atomic mass is 79.9. The van der Waals surface area contributed by atoms with E-state index in [0.29, 0.717) is 23.1 Å². The lowest BCUT2D eigenvalue weighted by Crippen LogP contribution is -2.13. The lowest BCUT2D eigenvalue weighted by atomic mass is 10.0. The minimum absolute atomic E-state index is 0.0877. The third-order valence-electron chi connectivity index (χ3n) is 2.36. The Labute approximate surface area is 89.6 Å². The summed E-state index contributed by atoms with van der Waals surface area (Å²) < 4.78 is 27.8. The van der Waals surface area contributed by atoms with Gasteiger partial charge < -0.3 is 5.32 Å². The first kappa shape index (κ1) is 9.90. The molecule has 0 spiro atoms. The Balaban J connectivity index is 2.58. The number of hydrogen-bond donors (Lipinski definition) is 1. The van der Waals surface area contributed by atoms with Crippen LogP contribution in [0.4, 0.5) is 14.5 Å². The first-order valence-corrected chi connectivity index (χ1v) is 5.31. The van der Waals surface area contributed by atoms with Gasteiger partial charge in [0.05, 0.1) is 5.56 Å². The van der Waals surface area contributed by atoms with Gasteiger partial charge in [0.1, 0.15) is 0 Å². The summed E-state index contributed by atoms with van der Waals surface area (Å²) >= 11 is 3.17. The molecule has 1 nitrogen and oxygen atoms in total. The third-order valence-corrected chi connectivity index (χ3v) is 3.02. The predicted octanol–water partition coefficient (Wildman–Crippen LogP) is 3.75. The monoisotopic (exact) mass is 261 g/mol. The summed E-state index contributed by atoms with van der Waals surface area (Å²) in [6.07, 6.45) is 0.406. The van der Waals surface area contributed by atoms with E-state index in [9.17, 15) is 8.78 Å². The van der Waals surface area contributed by atoms with Crippen molar-refractivity contribution in [2.45, 2.75) is 18.8 Å². The molecule has 0 radical (unpaired) electrons. The van der Waals surface area contributed by atoms with Crippen LogP contribution in [0, 0.1) is 0 Å². The molecule has 76 valence electrons. The fourth-order valence-electron chi connectivity index (χ4n) is 1.70. The molecule has 0 amide bonds. The molecule has 0 unspecified atom stereocenters. The minimum Gasteiger partial charge on any atom is -0.385 e. The van der Waals surface area contributed by atoms with Gasteiger partial charge in [-0.3, -0.25) is 0 Å². The number of hydrogen-bond acceptors (Lipinski definition) is 1. The van der Waals surface area contributed by atoms with Crippen LogP contribution in [0.1, 0.15) is 18.4 Å². The van der Waals surface area contributed by atoms with Crippen LogP contribution in [-0.4, -0.2) is 6.54 Å². The molecule has 1 heterocycles. The zero-order chi connectivity index (χ0) is 10.2. The largest absolute Gasteiger partial charge is 0.385 e. The molecule has 2 rings (SSSR count). The molecule has 1 aliphatic rings. The van der Waals surface area contributed by atoms with Crippen LogP contribution in [0.25, 0.3) is 0 Å². The molecule has 1 N–H and O–H groups in total. The number of alkyl halides is 2. The topological polar surface area (TPSA) is 12.0 Å². The van der Waals surface area contributed by atoms with Crippen LogP contribution in [0.2, 0.25) is 0 Å². The number of fused-ring (bicyclic) bond motifs is 1. The average Bonchev–Trinajstić information content (AvgIpc) is 2.25. The average molecular weight is 262 g/mol. The third kappa shape index (κ3) is 1.63. The van der Waals surface area contributed by atoms with E-state index in [1.807, 2.05) is 0 Å². The van der Waals surface area contributed by atoms with Crippen molar-refractivity contribution in [3.8, 4) is 0 Å². The fraction of sp³-hybridized carbons (Fsp3) is 0.400. The Kier molecular flexibility index (Phi) is 2.47. The molecule has 1 aromatic carbocycles. The highest BCUT2D eigenvalue weighted by Crippen LogP contribution is 2.43. The molecule has 0 atom stereocenters. The van der Waals surface area contributed by atoms with Gasteiger partial charge in [0.2, 0.25) is 0 Å². The molecule has 0 aromatic heterocycles. The van der Waals surface area contributed by atoms with E-state index in [0.717, 1.165) is 0 Å². The minimum atomic E-state index is -2.72. The Morgan fingerprint density at radius 3 is 2.93 bits per heavy atom. The maximum absolute atomic E-state index is 13.6. The second-order valence-corrected chi connectivity index (χ2v) is 4.25. The highest BCUT2D eigenvalue weighted by Gasteiger charge is 2.36. The van der Waals surface area contributed by atoms with Crippen molar-refractivity contribution in [1.82, 2.24) is 0 Å². The highest BCUT2D eigenvalue weighted by molar-refractivity contribution is 9.10. The van der Waals surface area contributed by atoms with E-state index in [-0.39, 0.29) is 12.0 Å². The summed E-state index contributed by atoms with van der Waals surface area (Å²) in [7, 11) is 0. The molecule has 4 heteroatoms. The molecule has 0 aliphatic carbocycles. The second-order valence-electron chi connectivity index (χ2n) is 3.40. The molecule has 1 aliphatic heterocycles. The van der Waals surface area contributed by atoms with E-state index in [4.69, 9.17) is 0 Å². The zero-order valence-corrected chi connectivity index (χ0v) is 9.07. The SMILES string of the molecule is FC1(F)CCCNc2cccc(Br)c21. The molecule has 0 saturated carbocycles. The van der Waals surface area contributed by atoms with Crippen LogP contribution in [0.3, 0.4) is 0 Å². The van der Waals surface area contributed by atoms with E-state index < -0.39 is 5.92 Å². The summed E-state index contributed by atoms with van der Waals surface area (Å²) in [5.41, 5.74) is 0.638. The van der Waals surface area contributed by atoms with Crippen LogP contribution < -0.4 is 5.32 Å². The summed E-state index contributed by atoms with van der Waals surface area (Å²) in [5.74, 6) is -2.72. The number of halogens is 3. The van der Waals surface area contributed by atoms with Crippen molar-refractivity contribution in [1.29, 1.82) is 0 Å². The van der Waals surface area contributed by atoms with Gasteiger partial charge in [-0.15, -0.1) is 0 Å². The summed E-state index contributed by atoms with van der Waals surface area (Å²) in [4.78, 5) is 0. The molecular formula is C10H10BrF2N. The maximum Gasteiger partial charge on any atom is 0.276 e. The Morgan fingerprint density at radius 1 is 1.36 bits per heavy atom. The molecule has 0 saturated heterocycles. The molecule has 0 bridgehead atoms. The first-order chi connectivity index (χ1) is 6.61. The predicted molar refractivity (Wildman–Crippen MR) is 55.8 cm³/mol. The van der Waals surface area contributed by atoms with Gasteiger partial charge in [0, 0.05) is 23.1 Å². The maximum atomic E-state index is 13.6. The van der Waals surface area contributed by atoms with Gasteiger partial charge in [0.25, 0.3) is 5.92 Å². The van der Waals surface area contributed by atoms with Crippen LogP contribution in [-0.2, 0) is 5.92 Å². The van der Waals surface area contributed by atoms with Crippen molar-refractivity contribution in [2.75, 3.05) is 11.9 Å². The summed E-state index contributed by atoms with van der Waals surface area (Å²) in [5, 5.41) is 3.01. The van der Waals surface area contributed by atoms with Gasteiger partial charge >= 0.3 is 0 Å². The first-order valence-electron chi connectivity index (χ1n) is 4.52. The van der Waals surface area contributed by atoms with E-state index >= 15 is 0 Å². The van der Waals surface area contributed by atoms with Crippen molar-refractivity contribution in [3.63, 3.8) is 0 Å². The smallest absolute Gasteiger partial charge is 0.276 e. The quantitative estimate of drug-likeness (QED) is 0.750. The van der Waals surface area contributed by atoms with Crippen LogP contribution in [0.5, 0.6) is 0 Å². The Hall–Kier alpha value is -0.640. The zero-order valence-electron chi connectivity index (χ0n) is 7.49. The van der Waals surface area contributed by atoms with Crippen molar-refractivity contribution >= 4 is 21.6 Å². The normalized spacial score (nSPS) is 19.4. The Morgan fingerprint density at radius 2 is 2.14 bits per heavy atom. The van der Waals surface area contributed by atoms with Gasteiger partial charge in [-0.2, -0.15) is 0 Å². The molecular weight excluding hydrogens is 252 g/mol. The molecule has 1 aromatic rings. The van der Waals surface area contributed by atoms with E-state index in [1.54, 1.807) is 18.2 Å². The summed E-state index contributed by atoms with van der Waals surface area (Å²) in [6.45, 7) is 0.610.